The molecule has 28 heavy (non-hydrogen) atoms. The van der Waals surface area contributed by atoms with E-state index in [9.17, 15) is 4.39 Å². The fourth-order valence-electron chi connectivity index (χ4n) is 4.48. The Balaban J connectivity index is 1.31. The van der Waals surface area contributed by atoms with Gasteiger partial charge in [-0.3, -0.25) is 4.90 Å². The van der Waals surface area contributed by atoms with E-state index in [0.29, 0.717) is 23.2 Å². The van der Waals surface area contributed by atoms with Crippen molar-refractivity contribution in [3.05, 3.63) is 59.9 Å². The molecule has 2 saturated heterocycles. The molecule has 2 fully saturated rings. The first-order chi connectivity index (χ1) is 13.6. The van der Waals surface area contributed by atoms with Crippen LogP contribution in [0.1, 0.15) is 31.2 Å². The highest BCUT2D eigenvalue weighted by Gasteiger charge is 2.40. The van der Waals surface area contributed by atoms with Gasteiger partial charge in [0.25, 0.3) is 0 Å². The number of benzene rings is 2. The predicted octanol–water partition coefficient (Wildman–Crippen LogP) is 4.32. The molecule has 4 nitrogen and oxygen atoms in total. The lowest BCUT2D eigenvalue weighted by Crippen LogP contribution is -2.50. The van der Waals surface area contributed by atoms with E-state index in [4.69, 9.17) is 17.0 Å². The van der Waals surface area contributed by atoms with Gasteiger partial charge in [-0.1, -0.05) is 12.1 Å². The quantitative estimate of drug-likeness (QED) is 0.733. The van der Waals surface area contributed by atoms with E-state index in [2.05, 4.69) is 15.5 Å². The van der Waals surface area contributed by atoms with Gasteiger partial charge in [0.1, 0.15) is 11.6 Å². The molecule has 0 radical (unpaired) electrons. The molecule has 2 atom stereocenters. The summed E-state index contributed by atoms with van der Waals surface area (Å²) < 4.78 is 18.3. The van der Waals surface area contributed by atoms with Gasteiger partial charge in [0.15, 0.2) is 5.11 Å². The lowest BCUT2D eigenvalue weighted by molar-refractivity contribution is 0.115. The van der Waals surface area contributed by atoms with Crippen LogP contribution in [0.2, 0.25) is 0 Å². The summed E-state index contributed by atoms with van der Waals surface area (Å²) in [6.07, 6.45) is 4.62. The molecule has 4 rings (SSSR count). The number of nitrogens with zero attached hydrogens (tertiary/aromatic N) is 1. The van der Waals surface area contributed by atoms with Crippen LogP contribution >= 0.6 is 12.2 Å². The lowest BCUT2D eigenvalue weighted by Gasteiger charge is -2.39. The molecule has 2 aliphatic rings. The van der Waals surface area contributed by atoms with Crippen molar-refractivity contribution in [2.45, 2.75) is 50.4 Å². The van der Waals surface area contributed by atoms with Gasteiger partial charge in [-0.25, -0.2) is 4.39 Å². The normalized spacial score (nSPS) is 24.0. The molecule has 0 aliphatic carbocycles. The lowest BCUT2D eigenvalue weighted by atomic mass is 9.96. The number of thiocarbonyl (C=S) groups is 1. The monoisotopic (exact) mass is 399 g/mol. The average Bonchev–Trinajstić information content (AvgIpc) is 2.92. The Kier molecular flexibility index (Phi) is 5.78. The second-order valence-corrected chi connectivity index (χ2v) is 8.09. The molecule has 2 bridgehead atoms. The van der Waals surface area contributed by atoms with Gasteiger partial charge >= 0.3 is 0 Å². The van der Waals surface area contributed by atoms with Crippen molar-refractivity contribution in [2.75, 3.05) is 12.4 Å². The molecular formula is C22H26FN3OS. The first-order valence-corrected chi connectivity index (χ1v) is 10.2. The number of hydrogen-bond donors (Lipinski definition) is 2. The van der Waals surface area contributed by atoms with Gasteiger partial charge < -0.3 is 15.4 Å². The maximum absolute atomic E-state index is 13.2. The maximum atomic E-state index is 13.2. The van der Waals surface area contributed by atoms with Crippen LogP contribution in [-0.4, -0.2) is 35.2 Å². The molecule has 0 saturated carbocycles. The standard InChI is InChI=1S/C22H26FN3OS/c1-27-21-10-6-17(7-11-21)24-22(28)25-18-12-19-8-9-20(13-18)26(19)14-15-2-4-16(23)5-3-15/h2-7,10-11,18-20H,8-9,12-14H2,1H3,(H2,24,25,28). The van der Waals surface area contributed by atoms with Crippen LogP contribution in [0, 0.1) is 5.82 Å². The molecule has 148 valence electrons. The zero-order valence-electron chi connectivity index (χ0n) is 16.0. The zero-order chi connectivity index (χ0) is 19.5. The number of methoxy groups -OCH3 is 1. The molecule has 2 N–H and O–H groups in total. The Morgan fingerprint density at radius 3 is 2.32 bits per heavy atom. The number of hydrogen-bond acceptors (Lipinski definition) is 3. The van der Waals surface area contributed by atoms with Gasteiger partial charge in [0, 0.05) is 30.4 Å². The van der Waals surface area contributed by atoms with Gasteiger partial charge in [-0.2, -0.15) is 0 Å². The minimum Gasteiger partial charge on any atom is -0.497 e. The summed E-state index contributed by atoms with van der Waals surface area (Å²) in [4.78, 5) is 2.59. The van der Waals surface area contributed by atoms with Crippen LogP contribution in [-0.2, 0) is 6.54 Å². The van der Waals surface area contributed by atoms with Gasteiger partial charge in [0.2, 0.25) is 0 Å². The van der Waals surface area contributed by atoms with Crippen LogP contribution in [0.25, 0.3) is 0 Å². The number of anilines is 1. The SMILES string of the molecule is COc1ccc(NC(=S)NC2CC3CCC(C2)N3Cc2ccc(F)cc2)cc1. The third-order valence-corrected chi connectivity index (χ3v) is 6.07. The van der Waals surface area contributed by atoms with Crippen molar-refractivity contribution in [1.82, 2.24) is 10.2 Å². The highest BCUT2D eigenvalue weighted by molar-refractivity contribution is 7.80. The van der Waals surface area contributed by atoms with Crippen LogP contribution in [0.15, 0.2) is 48.5 Å². The molecule has 2 heterocycles. The van der Waals surface area contributed by atoms with E-state index in [1.165, 1.54) is 18.4 Å². The Labute approximate surface area is 171 Å². The highest BCUT2D eigenvalue weighted by Crippen LogP contribution is 2.37. The van der Waals surface area contributed by atoms with E-state index in [-0.39, 0.29) is 5.82 Å². The maximum Gasteiger partial charge on any atom is 0.170 e. The van der Waals surface area contributed by atoms with Crippen LogP contribution in [0.4, 0.5) is 10.1 Å². The first kappa shape index (κ1) is 19.2. The predicted molar refractivity (Wildman–Crippen MR) is 114 cm³/mol. The molecule has 0 aromatic heterocycles. The van der Waals surface area contributed by atoms with Crippen LogP contribution < -0.4 is 15.4 Å². The molecule has 2 unspecified atom stereocenters. The summed E-state index contributed by atoms with van der Waals surface area (Å²) in [7, 11) is 1.66. The second kappa shape index (κ2) is 8.45. The Hall–Kier alpha value is -2.18. The third kappa shape index (κ3) is 4.45. The Morgan fingerprint density at radius 2 is 1.71 bits per heavy atom. The van der Waals surface area contributed by atoms with E-state index in [1.54, 1.807) is 19.2 Å². The molecule has 2 aromatic rings. The highest BCUT2D eigenvalue weighted by atomic mass is 32.1. The van der Waals surface area contributed by atoms with Crippen molar-refractivity contribution >= 4 is 23.0 Å². The summed E-state index contributed by atoms with van der Waals surface area (Å²) >= 11 is 5.52. The topological polar surface area (TPSA) is 36.5 Å². The van der Waals surface area contributed by atoms with Crippen molar-refractivity contribution in [1.29, 1.82) is 0 Å². The molecule has 2 aromatic carbocycles. The number of nitrogens with one attached hydrogen (secondary N) is 2. The summed E-state index contributed by atoms with van der Waals surface area (Å²) in [5.74, 6) is 0.655. The average molecular weight is 400 g/mol. The molecule has 2 aliphatic heterocycles. The van der Waals surface area contributed by atoms with Crippen molar-refractivity contribution in [2.24, 2.45) is 0 Å². The van der Waals surface area contributed by atoms with E-state index in [1.807, 2.05) is 36.4 Å². The fraction of sp³-hybridized carbons (Fsp3) is 0.409. The Bertz CT molecular complexity index is 798. The van der Waals surface area contributed by atoms with Crippen molar-refractivity contribution in [3.8, 4) is 5.75 Å². The molecule has 0 amide bonds. The minimum absolute atomic E-state index is 0.174. The van der Waals surface area contributed by atoms with Crippen LogP contribution in [0.5, 0.6) is 5.75 Å². The van der Waals surface area contributed by atoms with Crippen molar-refractivity contribution < 1.29 is 9.13 Å². The number of piperidine rings is 1. The smallest absolute Gasteiger partial charge is 0.170 e. The summed E-state index contributed by atoms with van der Waals surface area (Å²) in [6, 6.07) is 16.2. The van der Waals surface area contributed by atoms with Gasteiger partial charge in [-0.05, 0) is 79.9 Å². The number of ether oxygens (including phenoxy) is 1. The fourth-order valence-corrected chi connectivity index (χ4v) is 4.76. The molecular weight excluding hydrogens is 373 g/mol. The van der Waals surface area contributed by atoms with E-state index < -0.39 is 0 Å². The van der Waals surface area contributed by atoms with E-state index >= 15 is 0 Å². The number of halogens is 1. The van der Waals surface area contributed by atoms with E-state index in [0.717, 1.165) is 30.8 Å². The van der Waals surface area contributed by atoms with Gasteiger partial charge in [0.05, 0.1) is 7.11 Å². The first-order valence-electron chi connectivity index (χ1n) is 9.82. The largest absolute Gasteiger partial charge is 0.497 e. The third-order valence-electron chi connectivity index (χ3n) is 5.85. The second-order valence-electron chi connectivity index (χ2n) is 7.68. The summed E-state index contributed by atoms with van der Waals surface area (Å²) in [6.45, 7) is 0.900. The minimum atomic E-state index is -0.174. The molecule has 6 heteroatoms. The summed E-state index contributed by atoms with van der Waals surface area (Å²) in [5.41, 5.74) is 2.14. The number of rotatable bonds is 5. The summed E-state index contributed by atoms with van der Waals surface area (Å²) in [5, 5.41) is 7.43. The molecule has 0 spiro atoms. The van der Waals surface area contributed by atoms with Crippen molar-refractivity contribution in [3.63, 3.8) is 0 Å². The van der Waals surface area contributed by atoms with Crippen LogP contribution in [0.3, 0.4) is 0 Å². The van der Waals surface area contributed by atoms with Gasteiger partial charge in [-0.15, -0.1) is 0 Å². The zero-order valence-corrected chi connectivity index (χ0v) is 16.8. The number of fused-ring (bicyclic) bond motifs is 2. The Morgan fingerprint density at radius 1 is 1.07 bits per heavy atom.